The Morgan fingerprint density at radius 3 is 2.41 bits per heavy atom. The van der Waals surface area contributed by atoms with Crippen LogP contribution in [0.15, 0.2) is 47.4 Å². The number of benzene rings is 2. The van der Waals surface area contributed by atoms with Crippen molar-refractivity contribution in [2.75, 3.05) is 44.2 Å². The van der Waals surface area contributed by atoms with E-state index in [4.69, 9.17) is 11.6 Å². The van der Waals surface area contributed by atoms with E-state index in [1.165, 1.54) is 16.4 Å². The summed E-state index contributed by atoms with van der Waals surface area (Å²) in [5, 5.41) is 0.689. The van der Waals surface area contributed by atoms with Crippen LogP contribution in [0.25, 0.3) is 0 Å². The summed E-state index contributed by atoms with van der Waals surface area (Å²) in [6, 6.07) is 10.6. The fourth-order valence-corrected chi connectivity index (χ4v) is 6.16. The summed E-state index contributed by atoms with van der Waals surface area (Å²) >= 11 is 6.16. The monoisotopic (exact) mass is 479 g/mol. The number of amides is 1. The standard InChI is InChI=1S/C23H27ClFN3O3S/c1-17-4-5-19(24)15-22(17)26-11-13-27(14-12-26)23(29)18-3-2-10-28(16-18)32(30,31)21-8-6-20(25)7-9-21/h4-9,15,18H,2-3,10-14,16H2,1H3/t18-/m1/s1. The van der Waals surface area contributed by atoms with Gasteiger partial charge in [0, 0.05) is 50.0 Å². The molecule has 32 heavy (non-hydrogen) atoms. The smallest absolute Gasteiger partial charge is 0.243 e. The SMILES string of the molecule is Cc1ccc(Cl)cc1N1CCN(C(=O)[C@@H]2CCCN(S(=O)(=O)c3ccc(F)cc3)C2)CC1. The Kier molecular flexibility index (Phi) is 6.74. The maximum atomic E-state index is 13.2. The van der Waals surface area contributed by atoms with E-state index in [1.54, 1.807) is 0 Å². The molecule has 172 valence electrons. The summed E-state index contributed by atoms with van der Waals surface area (Å²) < 4.78 is 40.5. The highest BCUT2D eigenvalue weighted by Gasteiger charge is 2.36. The van der Waals surface area contributed by atoms with Gasteiger partial charge in [0.25, 0.3) is 0 Å². The third-order valence-corrected chi connectivity index (χ3v) is 8.40. The molecule has 1 atom stereocenters. The normalized spacial score (nSPS) is 20.4. The van der Waals surface area contributed by atoms with Gasteiger partial charge in [-0.2, -0.15) is 4.31 Å². The molecule has 6 nitrogen and oxygen atoms in total. The molecular weight excluding hydrogens is 453 g/mol. The molecule has 0 unspecified atom stereocenters. The van der Waals surface area contributed by atoms with Gasteiger partial charge >= 0.3 is 0 Å². The molecular formula is C23H27ClFN3O3S. The van der Waals surface area contributed by atoms with Crippen molar-refractivity contribution in [3.8, 4) is 0 Å². The highest BCUT2D eigenvalue weighted by atomic mass is 35.5. The van der Waals surface area contributed by atoms with Crippen molar-refractivity contribution in [3.05, 3.63) is 58.9 Å². The van der Waals surface area contributed by atoms with E-state index in [9.17, 15) is 17.6 Å². The molecule has 4 rings (SSSR count). The van der Waals surface area contributed by atoms with Gasteiger partial charge in [0.15, 0.2) is 0 Å². The first-order valence-electron chi connectivity index (χ1n) is 10.8. The van der Waals surface area contributed by atoms with Crippen molar-refractivity contribution in [2.24, 2.45) is 5.92 Å². The summed E-state index contributed by atoms with van der Waals surface area (Å²) in [5.74, 6) is -0.840. The van der Waals surface area contributed by atoms with Crippen LogP contribution in [0, 0.1) is 18.7 Å². The van der Waals surface area contributed by atoms with Gasteiger partial charge in [0.05, 0.1) is 10.8 Å². The van der Waals surface area contributed by atoms with Crippen molar-refractivity contribution in [3.63, 3.8) is 0 Å². The molecule has 9 heteroatoms. The predicted molar refractivity (Wildman–Crippen MR) is 123 cm³/mol. The molecule has 2 heterocycles. The molecule has 0 aromatic heterocycles. The number of sulfonamides is 1. The second kappa shape index (κ2) is 9.37. The lowest BCUT2D eigenvalue weighted by Crippen LogP contribution is -2.53. The van der Waals surface area contributed by atoms with Crippen LogP contribution in [0.3, 0.4) is 0 Å². The van der Waals surface area contributed by atoms with Crippen LogP contribution in [-0.2, 0) is 14.8 Å². The second-order valence-electron chi connectivity index (χ2n) is 8.40. The lowest BCUT2D eigenvalue weighted by molar-refractivity contribution is -0.137. The number of rotatable bonds is 4. The number of hydrogen-bond acceptors (Lipinski definition) is 4. The average Bonchev–Trinajstić information content (AvgIpc) is 2.81. The van der Waals surface area contributed by atoms with Crippen LogP contribution in [0.4, 0.5) is 10.1 Å². The van der Waals surface area contributed by atoms with E-state index in [0.29, 0.717) is 50.6 Å². The van der Waals surface area contributed by atoms with Crippen LogP contribution in [0.1, 0.15) is 18.4 Å². The van der Waals surface area contributed by atoms with Gasteiger partial charge in [-0.25, -0.2) is 12.8 Å². The lowest BCUT2D eigenvalue weighted by atomic mass is 9.97. The van der Waals surface area contributed by atoms with Crippen molar-refractivity contribution in [1.29, 1.82) is 0 Å². The number of carbonyl (C=O) groups excluding carboxylic acids is 1. The zero-order chi connectivity index (χ0) is 22.9. The Hall–Kier alpha value is -2.16. The molecule has 1 amide bonds. The fourth-order valence-electron chi connectivity index (χ4n) is 4.47. The van der Waals surface area contributed by atoms with Crippen LogP contribution in [-0.4, -0.2) is 62.8 Å². The zero-order valence-electron chi connectivity index (χ0n) is 18.0. The first-order chi connectivity index (χ1) is 15.3. The number of halogens is 2. The predicted octanol–water partition coefficient (Wildman–Crippen LogP) is 3.54. The fraction of sp³-hybridized carbons (Fsp3) is 0.435. The Labute approximate surface area is 193 Å². The number of aryl methyl sites for hydroxylation is 1. The van der Waals surface area contributed by atoms with Gasteiger partial charge in [-0.1, -0.05) is 17.7 Å². The molecule has 0 spiro atoms. The van der Waals surface area contributed by atoms with Gasteiger partial charge < -0.3 is 9.80 Å². The molecule has 2 aromatic rings. The van der Waals surface area contributed by atoms with Crippen LogP contribution < -0.4 is 4.90 Å². The summed E-state index contributed by atoms with van der Waals surface area (Å²) in [4.78, 5) is 17.3. The van der Waals surface area contributed by atoms with E-state index in [2.05, 4.69) is 4.90 Å². The topological polar surface area (TPSA) is 60.9 Å². The maximum absolute atomic E-state index is 13.2. The van der Waals surface area contributed by atoms with Crippen molar-refractivity contribution < 1.29 is 17.6 Å². The average molecular weight is 480 g/mol. The molecule has 2 aliphatic rings. The van der Waals surface area contributed by atoms with Gasteiger partial charge in [-0.15, -0.1) is 0 Å². The molecule has 0 bridgehead atoms. The lowest BCUT2D eigenvalue weighted by Gasteiger charge is -2.40. The van der Waals surface area contributed by atoms with Gasteiger partial charge in [0.2, 0.25) is 15.9 Å². The van der Waals surface area contributed by atoms with Gasteiger partial charge in [-0.3, -0.25) is 4.79 Å². The first kappa shape index (κ1) is 23.0. The number of piperidine rings is 1. The second-order valence-corrected chi connectivity index (χ2v) is 10.8. The maximum Gasteiger partial charge on any atom is 0.243 e. The Morgan fingerprint density at radius 1 is 1.03 bits per heavy atom. The Morgan fingerprint density at radius 2 is 1.72 bits per heavy atom. The summed E-state index contributed by atoms with van der Waals surface area (Å²) in [6.45, 7) is 5.16. The van der Waals surface area contributed by atoms with Gasteiger partial charge in [-0.05, 0) is 61.7 Å². The molecule has 0 aliphatic carbocycles. The van der Waals surface area contributed by atoms with Crippen molar-refractivity contribution in [2.45, 2.75) is 24.7 Å². The minimum atomic E-state index is -3.75. The van der Waals surface area contributed by atoms with Crippen LogP contribution >= 0.6 is 11.6 Å². The Balaban J connectivity index is 1.39. The highest BCUT2D eigenvalue weighted by molar-refractivity contribution is 7.89. The largest absolute Gasteiger partial charge is 0.368 e. The first-order valence-corrected chi connectivity index (χ1v) is 12.6. The van der Waals surface area contributed by atoms with E-state index >= 15 is 0 Å². The molecule has 2 aliphatic heterocycles. The molecule has 0 N–H and O–H groups in total. The van der Waals surface area contributed by atoms with E-state index in [-0.39, 0.29) is 23.3 Å². The summed E-state index contributed by atoms with van der Waals surface area (Å²) in [5.41, 5.74) is 2.22. The number of carbonyl (C=O) groups is 1. The Bertz CT molecular complexity index is 1090. The highest BCUT2D eigenvalue weighted by Crippen LogP contribution is 2.28. The quantitative estimate of drug-likeness (QED) is 0.673. The number of hydrogen-bond donors (Lipinski definition) is 0. The third kappa shape index (κ3) is 4.77. The zero-order valence-corrected chi connectivity index (χ0v) is 19.6. The number of nitrogens with zero attached hydrogens (tertiary/aromatic N) is 3. The summed E-state index contributed by atoms with van der Waals surface area (Å²) in [7, 11) is -3.75. The summed E-state index contributed by atoms with van der Waals surface area (Å²) in [6.07, 6.45) is 1.29. The van der Waals surface area contributed by atoms with Crippen molar-refractivity contribution >= 4 is 33.2 Å². The molecule has 0 saturated carbocycles. The number of anilines is 1. The third-order valence-electron chi connectivity index (χ3n) is 6.29. The molecule has 0 radical (unpaired) electrons. The van der Waals surface area contributed by atoms with Crippen LogP contribution in [0.2, 0.25) is 5.02 Å². The van der Waals surface area contributed by atoms with Gasteiger partial charge in [0.1, 0.15) is 5.82 Å². The van der Waals surface area contributed by atoms with E-state index < -0.39 is 15.8 Å². The minimum Gasteiger partial charge on any atom is -0.368 e. The van der Waals surface area contributed by atoms with E-state index in [0.717, 1.165) is 23.4 Å². The molecule has 2 saturated heterocycles. The van der Waals surface area contributed by atoms with Crippen molar-refractivity contribution in [1.82, 2.24) is 9.21 Å². The minimum absolute atomic E-state index is 0.00599. The van der Waals surface area contributed by atoms with Crippen LogP contribution in [0.5, 0.6) is 0 Å². The van der Waals surface area contributed by atoms with E-state index in [1.807, 2.05) is 30.0 Å². The molecule has 2 fully saturated rings. The number of piperazine rings is 1. The molecule has 2 aromatic carbocycles.